The minimum Gasteiger partial charge on any atom is -0.394 e. The fourth-order valence-electron chi connectivity index (χ4n) is 3.78. The number of piperidine rings is 1. The summed E-state index contributed by atoms with van der Waals surface area (Å²) < 4.78 is 0. The van der Waals surface area contributed by atoms with Gasteiger partial charge in [-0.3, -0.25) is 4.90 Å². The third kappa shape index (κ3) is 4.95. The molecule has 138 valence electrons. The fourth-order valence-corrected chi connectivity index (χ4v) is 3.78. The van der Waals surface area contributed by atoms with Crippen molar-refractivity contribution in [3.63, 3.8) is 0 Å². The van der Waals surface area contributed by atoms with Crippen molar-refractivity contribution in [3.8, 4) is 0 Å². The predicted molar refractivity (Wildman–Crippen MR) is 99.4 cm³/mol. The van der Waals surface area contributed by atoms with Crippen LogP contribution in [0.1, 0.15) is 43.7 Å². The van der Waals surface area contributed by atoms with Crippen molar-refractivity contribution in [1.82, 2.24) is 15.5 Å². The summed E-state index contributed by atoms with van der Waals surface area (Å²) in [6.07, 6.45) is 4.13. The van der Waals surface area contributed by atoms with Crippen LogP contribution >= 0.6 is 0 Å². The van der Waals surface area contributed by atoms with Crippen molar-refractivity contribution < 1.29 is 9.90 Å². The summed E-state index contributed by atoms with van der Waals surface area (Å²) >= 11 is 0. The van der Waals surface area contributed by atoms with Gasteiger partial charge in [-0.1, -0.05) is 29.8 Å². The van der Waals surface area contributed by atoms with Crippen LogP contribution in [0, 0.1) is 12.8 Å². The summed E-state index contributed by atoms with van der Waals surface area (Å²) in [7, 11) is 0. The number of aliphatic hydroxyl groups excluding tert-OH is 1. The van der Waals surface area contributed by atoms with Gasteiger partial charge >= 0.3 is 6.03 Å². The van der Waals surface area contributed by atoms with E-state index in [1.54, 1.807) is 0 Å². The number of carbonyl (C=O) groups excluding carboxylic acids is 1. The molecule has 1 atom stereocenters. The highest BCUT2D eigenvalue weighted by molar-refractivity contribution is 5.75. The van der Waals surface area contributed by atoms with Crippen LogP contribution in [-0.4, -0.2) is 47.3 Å². The quantitative estimate of drug-likeness (QED) is 0.742. The average molecular weight is 345 g/mol. The van der Waals surface area contributed by atoms with E-state index >= 15 is 0 Å². The molecule has 1 saturated carbocycles. The number of hydrogen-bond donors (Lipinski definition) is 3. The molecule has 1 heterocycles. The zero-order chi connectivity index (χ0) is 17.9. The van der Waals surface area contributed by atoms with E-state index in [4.69, 9.17) is 0 Å². The monoisotopic (exact) mass is 345 g/mol. The normalized spacial score (nSPS) is 21.6. The number of amides is 2. The van der Waals surface area contributed by atoms with Crippen LogP contribution in [0.15, 0.2) is 24.3 Å². The molecule has 0 unspecified atom stereocenters. The van der Waals surface area contributed by atoms with E-state index in [0.29, 0.717) is 5.92 Å². The number of nitrogens with one attached hydrogen (secondary N) is 2. The van der Waals surface area contributed by atoms with Crippen molar-refractivity contribution in [2.45, 2.75) is 57.7 Å². The van der Waals surface area contributed by atoms with Crippen molar-refractivity contribution >= 4 is 6.03 Å². The minimum atomic E-state index is -0.476. The number of benzene rings is 1. The Hall–Kier alpha value is -1.59. The van der Waals surface area contributed by atoms with E-state index in [1.165, 1.54) is 11.1 Å². The van der Waals surface area contributed by atoms with Gasteiger partial charge in [0.05, 0.1) is 12.1 Å². The minimum absolute atomic E-state index is 0.0000233. The summed E-state index contributed by atoms with van der Waals surface area (Å²) in [6, 6.07) is 8.74. The SMILES string of the molecule is Cc1cccc(CN2CCC(NC(=O)N[C@](C)(CO)C3CC3)CC2)c1. The number of likely N-dealkylation sites (tertiary alicyclic amines) is 1. The predicted octanol–water partition coefficient (Wildman–Crippen LogP) is 2.42. The Bertz CT molecular complexity index is 594. The van der Waals surface area contributed by atoms with Gasteiger partial charge in [-0.05, 0) is 51.0 Å². The zero-order valence-electron chi connectivity index (χ0n) is 15.4. The Balaban J connectivity index is 1.42. The Morgan fingerprint density at radius 1 is 1.28 bits per heavy atom. The summed E-state index contributed by atoms with van der Waals surface area (Å²) in [6.45, 7) is 7.04. The molecule has 1 aromatic carbocycles. The van der Waals surface area contributed by atoms with Crippen molar-refractivity contribution in [2.75, 3.05) is 19.7 Å². The third-order valence-electron chi connectivity index (χ3n) is 5.62. The van der Waals surface area contributed by atoms with Crippen molar-refractivity contribution in [1.29, 1.82) is 0 Å². The summed E-state index contributed by atoms with van der Waals surface area (Å²) in [5.74, 6) is 0.416. The molecule has 2 fully saturated rings. The van der Waals surface area contributed by atoms with E-state index in [1.807, 2.05) is 6.92 Å². The zero-order valence-corrected chi connectivity index (χ0v) is 15.4. The average Bonchev–Trinajstić information content (AvgIpc) is 3.42. The van der Waals surface area contributed by atoms with Crippen LogP contribution in [0.2, 0.25) is 0 Å². The van der Waals surface area contributed by atoms with Gasteiger partial charge in [-0.15, -0.1) is 0 Å². The first-order valence-corrected chi connectivity index (χ1v) is 9.46. The van der Waals surface area contributed by atoms with Crippen LogP contribution in [0.3, 0.4) is 0 Å². The molecule has 5 nitrogen and oxygen atoms in total. The molecule has 1 aliphatic carbocycles. The first-order valence-electron chi connectivity index (χ1n) is 9.46. The van der Waals surface area contributed by atoms with Crippen LogP contribution in [0.5, 0.6) is 0 Å². The molecule has 3 rings (SSSR count). The van der Waals surface area contributed by atoms with Gasteiger partial charge in [-0.2, -0.15) is 0 Å². The molecule has 2 amide bonds. The molecule has 2 aliphatic rings. The van der Waals surface area contributed by atoms with E-state index in [9.17, 15) is 9.90 Å². The molecule has 0 radical (unpaired) electrons. The fraction of sp³-hybridized carbons (Fsp3) is 0.650. The Morgan fingerprint density at radius 3 is 2.60 bits per heavy atom. The van der Waals surface area contributed by atoms with Crippen LogP contribution in [-0.2, 0) is 6.54 Å². The molecule has 25 heavy (non-hydrogen) atoms. The second kappa shape index (κ2) is 7.75. The van der Waals surface area contributed by atoms with Gasteiger partial charge in [0.25, 0.3) is 0 Å². The molecule has 5 heteroatoms. The number of aliphatic hydroxyl groups is 1. The lowest BCUT2D eigenvalue weighted by Crippen LogP contribution is -2.56. The molecule has 0 aromatic heterocycles. The van der Waals surface area contributed by atoms with Gasteiger partial charge in [0.15, 0.2) is 0 Å². The lowest BCUT2D eigenvalue weighted by molar-refractivity contribution is 0.149. The highest BCUT2D eigenvalue weighted by Crippen LogP contribution is 2.39. The summed E-state index contributed by atoms with van der Waals surface area (Å²) in [5, 5.41) is 15.7. The molecule has 1 saturated heterocycles. The van der Waals surface area contributed by atoms with Gasteiger partial charge in [0.2, 0.25) is 0 Å². The Labute approximate surface area is 150 Å². The summed E-state index contributed by atoms with van der Waals surface area (Å²) in [5.41, 5.74) is 2.18. The second-order valence-electron chi connectivity index (χ2n) is 7.99. The Morgan fingerprint density at radius 2 is 2.00 bits per heavy atom. The number of aryl methyl sites for hydroxylation is 1. The highest BCUT2D eigenvalue weighted by atomic mass is 16.3. The topological polar surface area (TPSA) is 64.6 Å². The number of urea groups is 1. The molecule has 1 aliphatic heterocycles. The molecule has 0 spiro atoms. The van der Waals surface area contributed by atoms with Gasteiger partial charge in [0, 0.05) is 25.7 Å². The standard InChI is InChI=1S/C20H31N3O2/c1-15-4-3-5-16(12-15)13-23-10-8-18(9-11-23)21-19(25)22-20(2,14-24)17-6-7-17/h3-5,12,17-18,24H,6-11,13-14H2,1-2H3,(H2,21,22,25)/t20-/m1/s1. The first kappa shape index (κ1) is 18.2. The molecule has 0 bridgehead atoms. The first-order chi connectivity index (χ1) is 12.0. The molecule has 1 aromatic rings. The molecule has 3 N–H and O–H groups in total. The van der Waals surface area contributed by atoms with E-state index < -0.39 is 5.54 Å². The smallest absolute Gasteiger partial charge is 0.315 e. The maximum Gasteiger partial charge on any atom is 0.315 e. The van der Waals surface area contributed by atoms with E-state index in [0.717, 1.165) is 45.3 Å². The Kier molecular flexibility index (Phi) is 5.64. The van der Waals surface area contributed by atoms with Gasteiger partial charge in [-0.25, -0.2) is 4.79 Å². The third-order valence-corrected chi connectivity index (χ3v) is 5.62. The van der Waals surface area contributed by atoms with E-state index in [-0.39, 0.29) is 18.7 Å². The molecular formula is C20H31N3O2. The number of nitrogens with zero attached hydrogens (tertiary/aromatic N) is 1. The molecular weight excluding hydrogens is 314 g/mol. The van der Waals surface area contributed by atoms with Crippen molar-refractivity contribution in [3.05, 3.63) is 35.4 Å². The van der Waals surface area contributed by atoms with Gasteiger partial charge < -0.3 is 15.7 Å². The largest absolute Gasteiger partial charge is 0.394 e. The van der Waals surface area contributed by atoms with Crippen molar-refractivity contribution in [2.24, 2.45) is 5.92 Å². The van der Waals surface area contributed by atoms with E-state index in [2.05, 4.69) is 46.7 Å². The second-order valence-corrected chi connectivity index (χ2v) is 7.99. The highest BCUT2D eigenvalue weighted by Gasteiger charge is 2.42. The summed E-state index contributed by atoms with van der Waals surface area (Å²) in [4.78, 5) is 14.7. The maximum absolute atomic E-state index is 12.3. The van der Waals surface area contributed by atoms with Crippen LogP contribution in [0.4, 0.5) is 4.79 Å². The number of hydrogen-bond acceptors (Lipinski definition) is 3. The lowest BCUT2D eigenvalue weighted by atomic mass is 9.97. The van der Waals surface area contributed by atoms with Crippen LogP contribution < -0.4 is 10.6 Å². The number of rotatable bonds is 6. The maximum atomic E-state index is 12.3. The number of carbonyl (C=O) groups is 1. The van der Waals surface area contributed by atoms with Crippen LogP contribution in [0.25, 0.3) is 0 Å². The van der Waals surface area contributed by atoms with Gasteiger partial charge in [0.1, 0.15) is 0 Å². The lowest BCUT2D eigenvalue weighted by Gasteiger charge is -2.34.